The Hall–Kier alpha value is -4.00. The van der Waals surface area contributed by atoms with Gasteiger partial charge in [-0.05, 0) is 26.0 Å². The Kier molecular flexibility index (Phi) is 6.92. The minimum absolute atomic E-state index is 0.0183. The number of esters is 1. The van der Waals surface area contributed by atoms with Crippen LogP contribution in [0.2, 0.25) is 0 Å². The number of anilines is 1. The number of methoxy groups -OCH3 is 2. The number of nitrogens with one attached hydrogen (secondary N) is 2. The summed E-state index contributed by atoms with van der Waals surface area (Å²) < 4.78 is 9.87. The van der Waals surface area contributed by atoms with Crippen molar-refractivity contribution in [3.63, 3.8) is 0 Å². The number of aryl methyl sites for hydroxylation is 1. The normalized spacial score (nSPS) is 11.6. The summed E-state index contributed by atoms with van der Waals surface area (Å²) in [5, 5.41) is 12.9. The number of rotatable bonds is 7. The molecule has 13 heteroatoms. The molecule has 0 aliphatic carbocycles. The second kappa shape index (κ2) is 9.65. The van der Waals surface area contributed by atoms with Gasteiger partial charge in [0, 0.05) is 17.8 Å². The van der Waals surface area contributed by atoms with Crippen molar-refractivity contribution in [3.05, 3.63) is 56.0 Å². The molecule has 1 unspecified atom stereocenters. The van der Waals surface area contributed by atoms with Crippen LogP contribution in [0.15, 0.2) is 34.2 Å². The molecule has 1 aromatic carbocycles. The molecule has 172 valence electrons. The highest BCUT2D eigenvalue weighted by Gasteiger charge is 2.22. The van der Waals surface area contributed by atoms with Crippen molar-refractivity contribution < 1.29 is 24.0 Å². The van der Waals surface area contributed by atoms with E-state index in [1.807, 2.05) is 0 Å². The molecule has 0 bridgehead atoms. The van der Waals surface area contributed by atoms with Gasteiger partial charge >= 0.3 is 5.97 Å². The summed E-state index contributed by atoms with van der Waals surface area (Å²) in [6.07, 6.45) is 0. The van der Waals surface area contributed by atoms with Crippen molar-refractivity contribution in [2.75, 3.05) is 19.5 Å². The predicted octanol–water partition coefficient (Wildman–Crippen LogP) is 2.45. The third kappa shape index (κ3) is 5.09. The molecule has 0 spiro atoms. The van der Waals surface area contributed by atoms with Crippen LogP contribution in [0.25, 0.3) is 11.0 Å². The zero-order valence-electron chi connectivity index (χ0n) is 18.0. The minimum Gasteiger partial charge on any atom is -0.495 e. The number of benzene rings is 1. The Morgan fingerprint density at radius 1 is 1.24 bits per heavy atom. The second-order valence-corrected chi connectivity index (χ2v) is 8.09. The first-order chi connectivity index (χ1) is 15.6. The average molecular weight is 473 g/mol. The average Bonchev–Trinajstić information content (AvgIpc) is 2.77. The summed E-state index contributed by atoms with van der Waals surface area (Å²) in [5.41, 5.74) is -0.161. The van der Waals surface area contributed by atoms with E-state index in [0.29, 0.717) is 5.69 Å². The number of ether oxygens (including phenoxy) is 2. The van der Waals surface area contributed by atoms with Gasteiger partial charge in [0.15, 0.2) is 10.8 Å². The summed E-state index contributed by atoms with van der Waals surface area (Å²) in [5.74, 6) is -0.954. The summed E-state index contributed by atoms with van der Waals surface area (Å²) in [4.78, 5) is 58.8. The van der Waals surface area contributed by atoms with E-state index in [2.05, 4.69) is 20.3 Å². The molecule has 0 saturated heterocycles. The quantitative estimate of drug-likeness (QED) is 0.171. The second-order valence-electron chi connectivity index (χ2n) is 6.76. The lowest BCUT2D eigenvalue weighted by molar-refractivity contribution is -0.384. The predicted molar refractivity (Wildman–Crippen MR) is 120 cm³/mol. The van der Waals surface area contributed by atoms with Gasteiger partial charge in [-0.25, -0.2) is 14.8 Å². The van der Waals surface area contributed by atoms with E-state index in [0.717, 1.165) is 11.8 Å². The highest BCUT2D eigenvalue weighted by atomic mass is 32.2. The van der Waals surface area contributed by atoms with Gasteiger partial charge in [0.2, 0.25) is 5.91 Å². The SMILES string of the molecule is COC(=O)c1cc(C)nc2nc(SC(C)C(=O)Nc3cc([N+](=O)[O-])ccc3OC)[nH]c(=O)c12. The molecule has 1 atom stereocenters. The van der Waals surface area contributed by atoms with Gasteiger partial charge in [-0.1, -0.05) is 11.8 Å². The number of fused-ring (bicyclic) bond motifs is 1. The van der Waals surface area contributed by atoms with Crippen LogP contribution in [0, 0.1) is 17.0 Å². The van der Waals surface area contributed by atoms with Gasteiger partial charge in [0.25, 0.3) is 11.2 Å². The highest BCUT2D eigenvalue weighted by molar-refractivity contribution is 8.00. The smallest absolute Gasteiger partial charge is 0.338 e. The molecule has 0 aliphatic heterocycles. The Morgan fingerprint density at radius 2 is 1.97 bits per heavy atom. The molecular weight excluding hydrogens is 454 g/mol. The summed E-state index contributed by atoms with van der Waals surface area (Å²) >= 11 is 0.940. The lowest BCUT2D eigenvalue weighted by Crippen LogP contribution is -2.24. The molecule has 3 aromatic rings. The molecule has 2 aromatic heterocycles. The maximum atomic E-state index is 12.7. The largest absolute Gasteiger partial charge is 0.495 e. The monoisotopic (exact) mass is 473 g/mol. The molecule has 3 rings (SSSR count). The molecule has 0 saturated carbocycles. The number of thioether (sulfide) groups is 1. The van der Waals surface area contributed by atoms with Gasteiger partial charge in [0.05, 0.1) is 41.0 Å². The standard InChI is InChI=1S/C20H19N5O7S/c1-9-7-12(19(28)32-4)15-16(21-9)23-20(24-18(15)27)33-10(2)17(26)22-13-8-11(25(29)30)5-6-14(13)31-3/h5-8,10H,1-4H3,(H,22,26)(H,21,23,24,27). The van der Waals surface area contributed by atoms with Crippen LogP contribution in [0.4, 0.5) is 11.4 Å². The summed E-state index contributed by atoms with van der Waals surface area (Å²) in [7, 11) is 2.57. The zero-order chi connectivity index (χ0) is 24.3. The van der Waals surface area contributed by atoms with Crippen LogP contribution < -0.4 is 15.6 Å². The van der Waals surface area contributed by atoms with E-state index >= 15 is 0 Å². The number of carbonyl (C=O) groups excluding carboxylic acids is 2. The molecule has 1 amide bonds. The van der Waals surface area contributed by atoms with Crippen LogP contribution in [-0.2, 0) is 9.53 Å². The Balaban J connectivity index is 1.88. The Labute approximate surface area is 190 Å². The number of pyridine rings is 1. The van der Waals surface area contributed by atoms with Crippen molar-refractivity contribution in [2.45, 2.75) is 24.3 Å². The van der Waals surface area contributed by atoms with Crippen LogP contribution in [0.3, 0.4) is 0 Å². The number of aromatic nitrogens is 3. The number of aromatic amines is 1. The number of nitrogens with zero attached hydrogens (tertiary/aromatic N) is 3. The van der Waals surface area contributed by atoms with E-state index in [1.165, 1.54) is 38.5 Å². The van der Waals surface area contributed by atoms with Crippen molar-refractivity contribution >= 4 is 46.0 Å². The van der Waals surface area contributed by atoms with Gasteiger partial charge in [-0.2, -0.15) is 0 Å². The number of nitro groups is 1. The Bertz CT molecular complexity index is 1320. The number of non-ortho nitro benzene ring substituents is 1. The molecule has 33 heavy (non-hydrogen) atoms. The zero-order valence-corrected chi connectivity index (χ0v) is 18.8. The van der Waals surface area contributed by atoms with Gasteiger partial charge in [-0.3, -0.25) is 19.7 Å². The van der Waals surface area contributed by atoms with Gasteiger partial charge in [-0.15, -0.1) is 0 Å². The number of hydrogen-bond donors (Lipinski definition) is 2. The number of H-pyrrole nitrogens is 1. The van der Waals surface area contributed by atoms with Crippen LogP contribution in [-0.4, -0.2) is 51.2 Å². The van der Waals surface area contributed by atoms with Crippen LogP contribution >= 0.6 is 11.8 Å². The van der Waals surface area contributed by atoms with Gasteiger partial charge in [0.1, 0.15) is 5.75 Å². The molecule has 0 aliphatic rings. The summed E-state index contributed by atoms with van der Waals surface area (Å²) in [6, 6.07) is 5.25. The van der Waals surface area contributed by atoms with Crippen LogP contribution in [0.5, 0.6) is 5.75 Å². The molecule has 2 heterocycles. The first kappa shape index (κ1) is 23.7. The first-order valence-corrected chi connectivity index (χ1v) is 10.3. The summed E-state index contributed by atoms with van der Waals surface area (Å²) in [6.45, 7) is 3.21. The molecule has 12 nitrogen and oxygen atoms in total. The molecule has 0 radical (unpaired) electrons. The van der Waals surface area contributed by atoms with Gasteiger partial charge < -0.3 is 19.8 Å². The minimum atomic E-state index is -0.764. The van der Waals surface area contributed by atoms with E-state index < -0.39 is 27.6 Å². The highest BCUT2D eigenvalue weighted by Crippen LogP contribution is 2.30. The van der Waals surface area contributed by atoms with E-state index in [9.17, 15) is 24.5 Å². The fourth-order valence-electron chi connectivity index (χ4n) is 2.93. The fraction of sp³-hybridized carbons (Fsp3) is 0.250. The number of carbonyl (C=O) groups is 2. The molecule has 0 fully saturated rings. The molecular formula is C20H19N5O7S. The fourth-order valence-corrected chi connectivity index (χ4v) is 3.73. The maximum absolute atomic E-state index is 12.7. The van der Waals surface area contributed by atoms with E-state index in [4.69, 9.17) is 9.47 Å². The topological polar surface area (TPSA) is 166 Å². The lowest BCUT2D eigenvalue weighted by atomic mass is 10.1. The van der Waals surface area contributed by atoms with Crippen LogP contribution in [0.1, 0.15) is 23.0 Å². The third-order valence-corrected chi connectivity index (χ3v) is 5.48. The number of amides is 1. The Morgan fingerprint density at radius 3 is 2.61 bits per heavy atom. The lowest BCUT2D eigenvalue weighted by Gasteiger charge is -2.14. The van der Waals surface area contributed by atoms with Crippen molar-refractivity contribution in [1.29, 1.82) is 0 Å². The first-order valence-electron chi connectivity index (χ1n) is 9.44. The molecule has 2 N–H and O–H groups in total. The van der Waals surface area contributed by atoms with Crippen molar-refractivity contribution in [1.82, 2.24) is 15.0 Å². The van der Waals surface area contributed by atoms with Crippen molar-refractivity contribution in [2.24, 2.45) is 0 Å². The van der Waals surface area contributed by atoms with E-state index in [-0.39, 0.29) is 38.9 Å². The van der Waals surface area contributed by atoms with Crippen molar-refractivity contribution in [3.8, 4) is 5.75 Å². The maximum Gasteiger partial charge on any atom is 0.338 e. The third-order valence-electron chi connectivity index (χ3n) is 4.50. The number of nitro benzene ring substituents is 1. The van der Waals surface area contributed by atoms with E-state index in [1.54, 1.807) is 13.8 Å². The number of hydrogen-bond acceptors (Lipinski definition) is 10.